The zero-order chi connectivity index (χ0) is 24.3. The van der Waals surface area contributed by atoms with Crippen LogP contribution >= 0.6 is 11.6 Å². The van der Waals surface area contributed by atoms with Crippen molar-refractivity contribution in [1.82, 2.24) is 15.6 Å². The number of carboxylic acids is 1. The third kappa shape index (κ3) is 10.6. The highest BCUT2D eigenvalue weighted by molar-refractivity contribution is 6.29. The van der Waals surface area contributed by atoms with Crippen LogP contribution in [0.3, 0.4) is 0 Å². The Labute approximate surface area is 194 Å². The Morgan fingerprint density at radius 1 is 1.12 bits per heavy atom. The van der Waals surface area contributed by atoms with Crippen molar-refractivity contribution in [2.45, 2.75) is 57.9 Å². The summed E-state index contributed by atoms with van der Waals surface area (Å²) in [5.74, 6) is -1.04. The minimum absolute atomic E-state index is 0.0902. The van der Waals surface area contributed by atoms with Crippen LogP contribution in [0.25, 0.3) is 0 Å². The molecule has 8 nitrogen and oxygen atoms in total. The number of hydrogen-bond donors (Lipinski definition) is 4. The second-order valence-corrected chi connectivity index (χ2v) is 8.53. The Kier molecular flexibility index (Phi) is 11.1. The molecular weight excluding hydrogens is 434 g/mol. The molecule has 1 heterocycles. The molecule has 0 aliphatic rings. The number of halogens is 1. The first-order valence-electron chi connectivity index (χ1n) is 10.2. The number of nitrogens with zero attached hydrogens (tertiary/aromatic N) is 1. The number of nitrogens with one attached hydrogen (secondary N) is 2. The summed E-state index contributed by atoms with van der Waals surface area (Å²) in [6.45, 7) is 7.13. The quantitative estimate of drug-likeness (QED) is 0.454. The number of alkyl carbamates (subject to hydrolysis) is 1. The second kappa shape index (κ2) is 13.0. The minimum atomic E-state index is -1.04. The number of benzene rings is 1. The van der Waals surface area contributed by atoms with E-state index in [1.54, 1.807) is 26.8 Å². The molecule has 2 aromatic rings. The Morgan fingerprint density at radius 3 is 2.22 bits per heavy atom. The van der Waals surface area contributed by atoms with Crippen molar-refractivity contribution in [2.75, 3.05) is 7.05 Å². The molecule has 0 unspecified atom stereocenters. The van der Waals surface area contributed by atoms with E-state index in [2.05, 4.69) is 15.6 Å². The molecule has 176 valence electrons. The molecule has 0 fully saturated rings. The number of carbonyl (C=O) groups excluding carboxylic acids is 1. The predicted molar refractivity (Wildman–Crippen MR) is 124 cm³/mol. The van der Waals surface area contributed by atoms with Crippen LogP contribution in [0.15, 0.2) is 48.7 Å². The molecule has 2 rings (SSSR count). The van der Waals surface area contributed by atoms with E-state index >= 15 is 0 Å². The van der Waals surface area contributed by atoms with Crippen molar-refractivity contribution in [2.24, 2.45) is 0 Å². The zero-order valence-electron chi connectivity index (χ0n) is 19.0. The van der Waals surface area contributed by atoms with Gasteiger partial charge in [0.1, 0.15) is 10.8 Å². The lowest BCUT2D eigenvalue weighted by molar-refractivity contribution is -0.137. The zero-order valence-corrected chi connectivity index (χ0v) is 19.8. The number of aliphatic hydroxyl groups excluding tert-OH is 1. The SMILES string of the molecule is CC(C)(C)OC(=O)N[C@@H](CC(=O)O)c1ccc(Cl)nc1.CN[C@H](C)[C@H](O)c1ccccc1. The van der Waals surface area contributed by atoms with Crippen molar-refractivity contribution >= 4 is 23.7 Å². The Bertz CT molecular complexity index is 841. The Hall–Kier alpha value is -2.68. The third-order valence-electron chi connectivity index (χ3n) is 4.29. The van der Waals surface area contributed by atoms with Gasteiger partial charge in [-0.1, -0.05) is 48.0 Å². The summed E-state index contributed by atoms with van der Waals surface area (Å²) in [6, 6.07) is 12.2. The lowest BCUT2D eigenvalue weighted by atomic mass is 10.0. The first-order valence-corrected chi connectivity index (χ1v) is 10.5. The molecule has 1 amide bonds. The van der Waals surface area contributed by atoms with Crippen LogP contribution in [0.2, 0.25) is 5.15 Å². The minimum Gasteiger partial charge on any atom is -0.481 e. The number of carbonyl (C=O) groups is 2. The molecule has 0 aliphatic carbocycles. The van der Waals surface area contributed by atoms with Gasteiger partial charge in [0, 0.05) is 12.2 Å². The van der Waals surface area contributed by atoms with Gasteiger partial charge in [-0.3, -0.25) is 4.79 Å². The standard InChI is InChI=1S/C13H17ClN2O4.C10H15NO/c1-13(2,3)20-12(19)16-9(6-11(17)18)8-4-5-10(14)15-7-8;1-8(11-2)10(12)9-6-4-3-5-7-9/h4-5,7,9H,6H2,1-3H3,(H,16,19)(H,17,18);3-8,10-12H,1-2H3/t9-;8-,10+/m01/s1. The summed E-state index contributed by atoms with van der Waals surface area (Å²) >= 11 is 5.68. The van der Waals surface area contributed by atoms with E-state index in [0.29, 0.717) is 10.7 Å². The van der Waals surface area contributed by atoms with Gasteiger partial charge in [-0.2, -0.15) is 0 Å². The highest BCUT2D eigenvalue weighted by Crippen LogP contribution is 2.19. The van der Waals surface area contributed by atoms with Crippen LogP contribution in [0.1, 0.15) is 57.4 Å². The van der Waals surface area contributed by atoms with E-state index in [-0.39, 0.29) is 12.5 Å². The van der Waals surface area contributed by atoms with Crippen LogP contribution in [-0.4, -0.2) is 46.0 Å². The number of likely N-dealkylation sites (N-methyl/N-ethyl adjacent to an activating group) is 1. The maximum Gasteiger partial charge on any atom is 0.408 e. The van der Waals surface area contributed by atoms with E-state index in [0.717, 1.165) is 5.56 Å². The number of pyridine rings is 1. The molecule has 0 saturated heterocycles. The van der Waals surface area contributed by atoms with Gasteiger partial charge in [0.25, 0.3) is 0 Å². The number of aliphatic carboxylic acids is 1. The van der Waals surface area contributed by atoms with E-state index < -0.39 is 29.8 Å². The fraction of sp³-hybridized carbons (Fsp3) is 0.435. The molecule has 3 atom stereocenters. The summed E-state index contributed by atoms with van der Waals surface area (Å²) < 4.78 is 5.11. The molecule has 1 aromatic heterocycles. The first kappa shape index (κ1) is 27.4. The van der Waals surface area contributed by atoms with E-state index in [1.165, 1.54) is 12.3 Å². The monoisotopic (exact) mass is 465 g/mol. The third-order valence-corrected chi connectivity index (χ3v) is 4.52. The second-order valence-electron chi connectivity index (χ2n) is 8.14. The van der Waals surface area contributed by atoms with Gasteiger partial charge in [-0.15, -0.1) is 0 Å². The van der Waals surface area contributed by atoms with E-state index in [1.807, 2.05) is 44.3 Å². The average Bonchev–Trinajstić information content (AvgIpc) is 2.72. The van der Waals surface area contributed by atoms with Gasteiger partial charge in [0.2, 0.25) is 0 Å². The van der Waals surface area contributed by atoms with Crippen molar-refractivity contribution in [3.05, 3.63) is 64.9 Å². The normalized spacial score (nSPS) is 13.7. The number of carboxylic acid groups (broad SMARTS) is 1. The van der Waals surface area contributed by atoms with Crippen molar-refractivity contribution in [3.8, 4) is 0 Å². The van der Waals surface area contributed by atoms with Gasteiger partial charge in [-0.05, 0) is 51.9 Å². The van der Waals surface area contributed by atoms with Crippen molar-refractivity contribution < 1.29 is 24.5 Å². The lowest BCUT2D eigenvalue weighted by Gasteiger charge is -2.23. The van der Waals surface area contributed by atoms with Crippen LogP contribution < -0.4 is 10.6 Å². The molecule has 0 spiro atoms. The molecule has 0 radical (unpaired) electrons. The number of amides is 1. The summed E-state index contributed by atoms with van der Waals surface area (Å²) in [7, 11) is 1.84. The average molecular weight is 466 g/mol. The molecule has 0 aliphatic heterocycles. The Balaban J connectivity index is 0.000000363. The van der Waals surface area contributed by atoms with Gasteiger partial charge in [0.15, 0.2) is 0 Å². The number of aliphatic hydroxyl groups is 1. The van der Waals surface area contributed by atoms with Crippen molar-refractivity contribution in [3.63, 3.8) is 0 Å². The van der Waals surface area contributed by atoms with Gasteiger partial charge < -0.3 is 25.6 Å². The smallest absolute Gasteiger partial charge is 0.408 e. The fourth-order valence-corrected chi connectivity index (χ4v) is 2.68. The van der Waals surface area contributed by atoms with Crippen LogP contribution in [0, 0.1) is 0 Å². The first-order chi connectivity index (χ1) is 14.9. The highest BCUT2D eigenvalue weighted by Gasteiger charge is 2.22. The molecule has 32 heavy (non-hydrogen) atoms. The number of hydrogen-bond acceptors (Lipinski definition) is 6. The molecular formula is C23H32ClN3O5. The maximum atomic E-state index is 11.7. The highest BCUT2D eigenvalue weighted by atomic mass is 35.5. The van der Waals surface area contributed by atoms with Gasteiger partial charge in [0.05, 0.1) is 18.6 Å². The maximum absolute atomic E-state index is 11.7. The summed E-state index contributed by atoms with van der Waals surface area (Å²) in [5, 5.41) is 24.5. The fourth-order valence-electron chi connectivity index (χ4n) is 2.57. The number of rotatable bonds is 7. The van der Waals surface area contributed by atoms with Crippen molar-refractivity contribution in [1.29, 1.82) is 0 Å². The number of ether oxygens (including phenoxy) is 1. The van der Waals surface area contributed by atoms with E-state index in [4.69, 9.17) is 21.4 Å². The lowest BCUT2D eigenvalue weighted by Crippen LogP contribution is -2.35. The predicted octanol–water partition coefficient (Wildman–Crippen LogP) is 4.10. The summed E-state index contributed by atoms with van der Waals surface area (Å²) in [5.41, 5.74) is 0.845. The van der Waals surface area contributed by atoms with E-state index in [9.17, 15) is 14.7 Å². The van der Waals surface area contributed by atoms with Crippen LogP contribution in [0.5, 0.6) is 0 Å². The molecule has 0 saturated carbocycles. The Morgan fingerprint density at radius 2 is 1.75 bits per heavy atom. The molecule has 4 N–H and O–H groups in total. The number of aromatic nitrogens is 1. The largest absolute Gasteiger partial charge is 0.481 e. The molecule has 1 aromatic carbocycles. The summed E-state index contributed by atoms with van der Waals surface area (Å²) in [4.78, 5) is 26.5. The summed E-state index contributed by atoms with van der Waals surface area (Å²) in [6.07, 6.45) is 0.0467. The molecule has 9 heteroatoms. The van der Waals surface area contributed by atoms with Gasteiger partial charge >= 0.3 is 12.1 Å². The van der Waals surface area contributed by atoms with Crippen LogP contribution in [0.4, 0.5) is 4.79 Å². The molecule has 0 bridgehead atoms. The topological polar surface area (TPSA) is 121 Å². The van der Waals surface area contributed by atoms with Gasteiger partial charge in [-0.25, -0.2) is 9.78 Å². The van der Waals surface area contributed by atoms with Crippen LogP contribution in [-0.2, 0) is 9.53 Å².